The number of rotatable bonds is 6. The Hall–Kier alpha value is -0.840. The van der Waals surface area contributed by atoms with Crippen molar-refractivity contribution >= 4 is 29.4 Å². The predicted molar refractivity (Wildman–Crippen MR) is 88.9 cm³/mol. The average Bonchev–Trinajstić information content (AvgIpc) is 2.50. The Morgan fingerprint density at radius 1 is 1.33 bits per heavy atom. The Balaban J connectivity index is 0.00000191. The highest BCUT2D eigenvalue weighted by molar-refractivity contribution is 9.10. The van der Waals surface area contributed by atoms with Gasteiger partial charge in [0.25, 0.3) is 0 Å². The first-order valence-electron chi connectivity index (χ1n) is 6.80. The summed E-state index contributed by atoms with van der Waals surface area (Å²) in [6, 6.07) is 6.30. The molecular weight excluding hydrogens is 357 g/mol. The molecule has 0 aliphatic carbocycles. The van der Waals surface area contributed by atoms with Crippen LogP contribution >= 0.6 is 23.4 Å². The lowest BCUT2D eigenvalue weighted by Crippen LogP contribution is -2.34. The van der Waals surface area contributed by atoms with E-state index in [1.54, 1.807) is 38.1 Å². The van der Waals surface area contributed by atoms with E-state index in [-0.39, 0.29) is 6.16 Å². The van der Waals surface area contributed by atoms with E-state index in [2.05, 4.69) is 25.8 Å². The van der Waals surface area contributed by atoms with Crippen molar-refractivity contribution in [3.63, 3.8) is 0 Å². The van der Waals surface area contributed by atoms with Gasteiger partial charge in [-0.05, 0) is 31.2 Å². The number of hydrogen-bond donors (Lipinski definition) is 1. The average molecular weight is 380 g/mol. The van der Waals surface area contributed by atoms with Crippen LogP contribution in [-0.4, -0.2) is 25.3 Å². The molecule has 1 aromatic carbocycles. The van der Waals surface area contributed by atoms with Gasteiger partial charge in [0.15, 0.2) is 0 Å². The number of hydrogen-bond acceptors (Lipinski definition) is 4. The molecule has 0 aliphatic rings. The van der Waals surface area contributed by atoms with Crippen LogP contribution in [0.1, 0.15) is 27.7 Å². The van der Waals surface area contributed by atoms with E-state index in [0.717, 1.165) is 4.47 Å². The summed E-state index contributed by atoms with van der Waals surface area (Å²) < 4.78 is 23.5. The molecule has 0 spiro atoms. The standard InChI is InChI=1S/C12H17BrNO4P.C2H6/c1-4-19(16,14-9(2)12(15)17-3)18-11-7-5-10(13)6-8-11;1-2/h5-9H,4H2,1-3H3,(H,14,16);1-2H3. The molecule has 0 aromatic heterocycles. The quantitative estimate of drug-likeness (QED) is 0.592. The van der Waals surface area contributed by atoms with Crippen LogP contribution in [0.2, 0.25) is 0 Å². The Bertz CT molecular complexity index is 478. The van der Waals surface area contributed by atoms with Gasteiger partial charge in [-0.15, -0.1) is 0 Å². The molecule has 0 amide bonds. The van der Waals surface area contributed by atoms with Crippen LogP contribution in [0.4, 0.5) is 0 Å². The molecular formula is C14H23BrNO4P. The smallest absolute Gasteiger partial charge is 0.323 e. The second-order valence-corrected chi connectivity index (χ2v) is 7.24. The first kappa shape index (κ1) is 20.2. The van der Waals surface area contributed by atoms with Gasteiger partial charge in [-0.3, -0.25) is 9.36 Å². The van der Waals surface area contributed by atoms with Gasteiger partial charge in [0.1, 0.15) is 11.8 Å². The van der Waals surface area contributed by atoms with Gasteiger partial charge in [0.05, 0.1) is 7.11 Å². The van der Waals surface area contributed by atoms with E-state index in [4.69, 9.17) is 4.52 Å². The number of halogens is 1. The third-order valence-electron chi connectivity index (χ3n) is 2.43. The highest BCUT2D eigenvalue weighted by Crippen LogP contribution is 2.43. The summed E-state index contributed by atoms with van der Waals surface area (Å²) in [5.41, 5.74) is 0. The number of benzene rings is 1. The molecule has 0 aliphatic heterocycles. The number of ether oxygens (including phenoxy) is 1. The second kappa shape index (κ2) is 9.98. The van der Waals surface area contributed by atoms with E-state index >= 15 is 0 Å². The SMILES string of the molecule is CC.CCP(=O)(NC(C)C(=O)OC)Oc1ccc(Br)cc1. The van der Waals surface area contributed by atoms with Crippen molar-refractivity contribution in [2.75, 3.05) is 13.3 Å². The Labute approximate surface area is 135 Å². The van der Waals surface area contributed by atoms with E-state index in [1.165, 1.54) is 7.11 Å². The highest BCUT2D eigenvalue weighted by atomic mass is 79.9. The lowest BCUT2D eigenvalue weighted by Gasteiger charge is -2.22. The predicted octanol–water partition coefficient (Wildman–Crippen LogP) is 4.22. The maximum absolute atomic E-state index is 12.5. The zero-order chi connectivity index (χ0) is 16.5. The molecule has 1 aromatic rings. The molecule has 1 N–H and O–H groups in total. The molecule has 0 fully saturated rings. The number of carbonyl (C=O) groups is 1. The fourth-order valence-corrected chi connectivity index (χ4v) is 3.16. The highest BCUT2D eigenvalue weighted by Gasteiger charge is 2.28. The summed E-state index contributed by atoms with van der Waals surface area (Å²) in [7, 11) is -1.84. The van der Waals surface area contributed by atoms with Crippen molar-refractivity contribution in [1.82, 2.24) is 5.09 Å². The van der Waals surface area contributed by atoms with Crippen LogP contribution < -0.4 is 9.61 Å². The van der Waals surface area contributed by atoms with Gasteiger partial charge in [0.2, 0.25) is 0 Å². The molecule has 5 nitrogen and oxygen atoms in total. The first-order chi connectivity index (χ1) is 9.90. The summed E-state index contributed by atoms with van der Waals surface area (Å²) in [4.78, 5) is 11.3. The molecule has 21 heavy (non-hydrogen) atoms. The largest absolute Gasteiger partial charge is 0.468 e. The van der Waals surface area contributed by atoms with Crippen molar-refractivity contribution in [3.8, 4) is 5.75 Å². The fourth-order valence-electron chi connectivity index (χ4n) is 1.37. The van der Waals surface area contributed by atoms with Gasteiger partial charge in [-0.1, -0.05) is 36.7 Å². The molecule has 0 bridgehead atoms. The maximum Gasteiger partial charge on any atom is 0.323 e. The summed E-state index contributed by atoms with van der Waals surface area (Å²) >= 11 is 3.31. The van der Waals surface area contributed by atoms with Crippen LogP contribution in [0, 0.1) is 0 Å². The minimum absolute atomic E-state index is 0.268. The van der Waals surface area contributed by atoms with Crippen molar-refractivity contribution in [1.29, 1.82) is 0 Å². The number of methoxy groups -OCH3 is 1. The zero-order valence-corrected chi connectivity index (χ0v) is 15.5. The van der Waals surface area contributed by atoms with Crippen molar-refractivity contribution in [2.24, 2.45) is 0 Å². The Morgan fingerprint density at radius 3 is 2.29 bits per heavy atom. The summed E-state index contributed by atoms with van der Waals surface area (Å²) in [5.74, 6) is 0.00558. The van der Waals surface area contributed by atoms with E-state index in [1.807, 2.05) is 13.8 Å². The van der Waals surface area contributed by atoms with Crippen LogP contribution in [-0.2, 0) is 14.1 Å². The zero-order valence-electron chi connectivity index (χ0n) is 13.1. The number of nitrogens with one attached hydrogen (secondary N) is 1. The first-order valence-corrected chi connectivity index (χ1v) is 9.40. The third kappa shape index (κ3) is 7.11. The number of esters is 1. The third-order valence-corrected chi connectivity index (χ3v) is 5.08. The monoisotopic (exact) mass is 379 g/mol. The van der Waals surface area contributed by atoms with Crippen molar-refractivity contribution in [3.05, 3.63) is 28.7 Å². The van der Waals surface area contributed by atoms with E-state index in [9.17, 15) is 9.36 Å². The van der Waals surface area contributed by atoms with Crippen molar-refractivity contribution < 1.29 is 18.6 Å². The summed E-state index contributed by atoms with van der Waals surface area (Å²) in [6.45, 7) is 7.32. The normalized spacial score (nSPS) is 14.2. The van der Waals surface area contributed by atoms with Crippen LogP contribution in [0.3, 0.4) is 0 Å². The van der Waals surface area contributed by atoms with Gasteiger partial charge in [-0.2, -0.15) is 0 Å². The molecule has 0 heterocycles. The molecule has 2 unspecified atom stereocenters. The minimum Gasteiger partial charge on any atom is -0.468 e. The molecule has 7 heteroatoms. The Morgan fingerprint density at radius 2 is 1.86 bits per heavy atom. The molecule has 120 valence electrons. The lowest BCUT2D eigenvalue weighted by atomic mass is 10.3. The summed E-state index contributed by atoms with van der Waals surface area (Å²) in [6.07, 6.45) is 0.268. The van der Waals surface area contributed by atoms with Crippen molar-refractivity contribution in [2.45, 2.75) is 33.7 Å². The van der Waals surface area contributed by atoms with E-state index < -0.39 is 19.5 Å². The summed E-state index contributed by atoms with van der Waals surface area (Å²) in [5, 5.41) is 2.70. The fraction of sp³-hybridized carbons (Fsp3) is 0.500. The molecule has 0 saturated heterocycles. The molecule has 0 saturated carbocycles. The maximum atomic E-state index is 12.5. The van der Waals surface area contributed by atoms with E-state index in [0.29, 0.717) is 5.75 Å². The van der Waals surface area contributed by atoms with Gasteiger partial charge >= 0.3 is 13.5 Å². The Kier molecular flexibility index (Phi) is 9.58. The topological polar surface area (TPSA) is 64.6 Å². The molecule has 1 rings (SSSR count). The van der Waals surface area contributed by atoms with Crippen LogP contribution in [0.25, 0.3) is 0 Å². The second-order valence-electron chi connectivity index (χ2n) is 3.91. The van der Waals surface area contributed by atoms with Crippen LogP contribution in [0.15, 0.2) is 28.7 Å². The minimum atomic E-state index is -3.13. The van der Waals surface area contributed by atoms with Crippen LogP contribution in [0.5, 0.6) is 5.75 Å². The van der Waals surface area contributed by atoms with Gasteiger partial charge in [-0.25, -0.2) is 5.09 Å². The van der Waals surface area contributed by atoms with Gasteiger partial charge < -0.3 is 9.26 Å². The molecule has 2 atom stereocenters. The molecule has 0 radical (unpaired) electrons. The number of carbonyl (C=O) groups excluding carboxylic acids is 1. The lowest BCUT2D eigenvalue weighted by molar-refractivity contribution is -0.142. The van der Waals surface area contributed by atoms with Gasteiger partial charge in [0, 0.05) is 10.6 Å².